The molecule has 1 rings (SSSR count). The number of amides is 1. The van der Waals surface area contributed by atoms with Crippen molar-refractivity contribution in [1.29, 1.82) is 5.26 Å². The van der Waals surface area contributed by atoms with E-state index in [1.807, 2.05) is 19.9 Å². The van der Waals surface area contributed by atoms with Crippen LogP contribution in [-0.2, 0) is 4.79 Å². The van der Waals surface area contributed by atoms with Gasteiger partial charge in [0.25, 0.3) is 0 Å². The highest BCUT2D eigenvalue weighted by Crippen LogP contribution is 2.21. The number of hydrogen-bond donors (Lipinski definition) is 1. The Balaban J connectivity index is 2.72. The lowest BCUT2D eigenvalue weighted by Gasteiger charge is -2.14. The van der Waals surface area contributed by atoms with Crippen molar-refractivity contribution in [3.63, 3.8) is 0 Å². The number of nitrogens with zero attached hydrogens (tertiary/aromatic N) is 1. The minimum atomic E-state index is -0.741. The predicted octanol–water partition coefficient (Wildman–Crippen LogP) is 2.74. The second-order valence-electron chi connectivity index (χ2n) is 4.28. The molecule has 0 aliphatic carbocycles. The van der Waals surface area contributed by atoms with E-state index in [0.29, 0.717) is 0 Å². The molecular weight excluding hydrogens is 231 g/mol. The van der Waals surface area contributed by atoms with E-state index in [1.165, 1.54) is 6.07 Å². The summed E-state index contributed by atoms with van der Waals surface area (Å²) >= 11 is 0. The molecule has 4 heteroatoms. The Morgan fingerprint density at radius 2 is 2.17 bits per heavy atom. The summed E-state index contributed by atoms with van der Waals surface area (Å²) in [5.41, 5.74) is 0.277. The van der Waals surface area contributed by atoms with Gasteiger partial charge < -0.3 is 5.32 Å². The van der Waals surface area contributed by atoms with Crippen molar-refractivity contribution in [2.75, 3.05) is 0 Å². The Labute approximate surface area is 107 Å². The SMILES string of the molecule is CCC(C)NC(=O)CC(C#N)c1ccccc1F. The van der Waals surface area contributed by atoms with Crippen LogP contribution in [0.25, 0.3) is 0 Å². The Kier molecular flexibility index (Phi) is 5.31. The van der Waals surface area contributed by atoms with Crippen LogP contribution in [0, 0.1) is 17.1 Å². The molecular formula is C14H17FN2O. The van der Waals surface area contributed by atoms with Gasteiger partial charge in [-0.3, -0.25) is 4.79 Å². The fourth-order valence-electron chi connectivity index (χ4n) is 1.60. The third kappa shape index (κ3) is 3.85. The summed E-state index contributed by atoms with van der Waals surface area (Å²) in [6, 6.07) is 8.11. The predicted molar refractivity (Wildman–Crippen MR) is 67.3 cm³/mol. The lowest BCUT2D eigenvalue weighted by Crippen LogP contribution is -2.32. The summed E-state index contributed by atoms with van der Waals surface area (Å²) in [7, 11) is 0. The van der Waals surface area contributed by atoms with Gasteiger partial charge in [-0.25, -0.2) is 4.39 Å². The monoisotopic (exact) mass is 248 g/mol. The summed E-state index contributed by atoms with van der Waals surface area (Å²) in [6.07, 6.45) is 0.810. The molecule has 0 aliphatic heterocycles. The minimum Gasteiger partial charge on any atom is -0.354 e. The van der Waals surface area contributed by atoms with Gasteiger partial charge in [-0.05, 0) is 19.4 Å². The van der Waals surface area contributed by atoms with Crippen molar-refractivity contribution < 1.29 is 9.18 Å². The topological polar surface area (TPSA) is 52.9 Å². The van der Waals surface area contributed by atoms with Gasteiger partial charge in [0.15, 0.2) is 0 Å². The average Bonchev–Trinajstić information content (AvgIpc) is 2.36. The second-order valence-corrected chi connectivity index (χ2v) is 4.28. The maximum Gasteiger partial charge on any atom is 0.221 e. The van der Waals surface area contributed by atoms with E-state index in [0.717, 1.165) is 6.42 Å². The summed E-state index contributed by atoms with van der Waals surface area (Å²) < 4.78 is 13.5. The molecule has 0 radical (unpaired) electrons. The molecule has 0 spiro atoms. The largest absolute Gasteiger partial charge is 0.354 e. The van der Waals surface area contributed by atoms with E-state index in [4.69, 9.17) is 5.26 Å². The Morgan fingerprint density at radius 1 is 1.50 bits per heavy atom. The summed E-state index contributed by atoms with van der Waals surface area (Å²) in [6.45, 7) is 3.85. The van der Waals surface area contributed by atoms with Gasteiger partial charge in [0, 0.05) is 18.0 Å². The molecule has 1 amide bonds. The number of nitrogens with one attached hydrogen (secondary N) is 1. The molecule has 0 fully saturated rings. The quantitative estimate of drug-likeness (QED) is 0.871. The maximum absolute atomic E-state index is 13.5. The van der Waals surface area contributed by atoms with Crippen molar-refractivity contribution in [2.24, 2.45) is 0 Å². The van der Waals surface area contributed by atoms with E-state index in [9.17, 15) is 9.18 Å². The van der Waals surface area contributed by atoms with E-state index >= 15 is 0 Å². The second kappa shape index (κ2) is 6.75. The standard InChI is InChI=1S/C14H17FN2O/c1-3-10(2)17-14(18)8-11(9-16)12-6-4-5-7-13(12)15/h4-7,10-11H,3,8H2,1-2H3,(H,17,18). The zero-order valence-electron chi connectivity index (χ0n) is 10.6. The summed E-state index contributed by atoms with van der Waals surface area (Å²) in [4.78, 5) is 11.7. The molecule has 0 aliphatic rings. The highest BCUT2D eigenvalue weighted by atomic mass is 19.1. The van der Waals surface area contributed by atoms with E-state index in [2.05, 4.69) is 5.32 Å². The third-order valence-electron chi connectivity index (χ3n) is 2.85. The van der Waals surface area contributed by atoms with Crippen LogP contribution < -0.4 is 5.32 Å². The third-order valence-corrected chi connectivity index (χ3v) is 2.85. The fourth-order valence-corrected chi connectivity index (χ4v) is 1.60. The molecule has 2 atom stereocenters. The Hall–Kier alpha value is -1.89. The number of carbonyl (C=O) groups is 1. The van der Waals surface area contributed by atoms with Crippen LogP contribution in [0.3, 0.4) is 0 Å². The van der Waals surface area contributed by atoms with E-state index in [-0.39, 0.29) is 23.9 Å². The molecule has 2 unspecified atom stereocenters. The average molecular weight is 248 g/mol. The number of hydrogen-bond acceptors (Lipinski definition) is 2. The first-order valence-corrected chi connectivity index (χ1v) is 6.01. The van der Waals surface area contributed by atoms with Gasteiger partial charge in [0.1, 0.15) is 5.82 Å². The molecule has 0 aromatic heterocycles. The molecule has 0 saturated carbocycles. The van der Waals surface area contributed by atoms with Crippen LogP contribution in [0.4, 0.5) is 4.39 Å². The zero-order chi connectivity index (χ0) is 13.5. The smallest absolute Gasteiger partial charge is 0.221 e. The number of benzene rings is 1. The molecule has 0 bridgehead atoms. The highest BCUT2D eigenvalue weighted by molar-refractivity contribution is 5.77. The first-order chi connectivity index (χ1) is 8.58. The molecule has 18 heavy (non-hydrogen) atoms. The van der Waals surface area contributed by atoms with Crippen LogP contribution >= 0.6 is 0 Å². The van der Waals surface area contributed by atoms with Gasteiger partial charge in [0.05, 0.1) is 12.0 Å². The van der Waals surface area contributed by atoms with E-state index < -0.39 is 11.7 Å². The van der Waals surface area contributed by atoms with Crippen molar-refractivity contribution in [3.05, 3.63) is 35.6 Å². The Morgan fingerprint density at radius 3 is 2.72 bits per heavy atom. The van der Waals surface area contributed by atoms with Gasteiger partial charge >= 0.3 is 0 Å². The van der Waals surface area contributed by atoms with Crippen molar-refractivity contribution in [2.45, 2.75) is 38.6 Å². The van der Waals surface area contributed by atoms with Crippen molar-refractivity contribution >= 4 is 5.91 Å². The van der Waals surface area contributed by atoms with Gasteiger partial charge in [-0.2, -0.15) is 5.26 Å². The van der Waals surface area contributed by atoms with Crippen LogP contribution in [0.5, 0.6) is 0 Å². The number of rotatable bonds is 5. The van der Waals surface area contributed by atoms with Crippen molar-refractivity contribution in [1.82, 2.24) is 5.32 Å². The lowest BCUT2D eigenvalue weighted by atomic mass is 9.96. The molecule has 1 aromatic carbocycles. The van der Waals surface area contributed by atoms with Crippen LogP contribution in [-0.4, -0.2) is 11.9 Å². The number of nitriles is 1. The molecule has 0 heterocycles. The molecule has 0 saturated heterocycles. The number of halogens is 1. The first kappa shape index (κ1) is 14.2. The number of carbonyl (C=O) groups excluding carboxylic acids is 1. The zero-order valence-corrected chi connectivity index (χ0v) is 10.6. The van der Waals surface area contributed by atoms with Gasteiger partial charge in [-0.15, -0.1) is 0 Å². The summed E-state index contributed by atoms with van der Waals surface area (Å²) in [5.74, 6) is -1.41. The van der Waals surface area contributed by atoms with Crippen LogP contribution in [0.1, 0.15) is 38.2 Å². The molecule has 96 valence electrons. The normalized spacial score (nSPS) is 13.4. The van der Waals surface area contributed by atoms with Gasteiger partial charge in [-0.1, -0.05) is 25.1 Å². The van der Waals surface area contributed by atoms with Crippen LogP contribution in [0.15, 0.2) is 24.3 Å². The van der Waals surface area contributed by atoms with Crippen LogP contribution in [0.2, 0.25) is 0 Å². The molecule has 1 aromatic rings. The summed E-state index contributed by atoms with van der Waals surface area (Å²) in [5, 5.41) is 11.8. The molecule has 1 N–H and O–H groups in total. The maximum atomic E-state index is 13.5. The minimum absolute atomic E-state index is 0.0121. The van der Waals surface area contributed by atoms with E-state index in [1.54, 1.807) is 18.2 Å². The van der Waals surface area contributed by atoms with Gasteiger partial charge in [0.2, 0.25) is 5.91 Å². The first-order valence-electron chi connectivity index (χ1n) is 6.01. The highest BCUT2D eigenvalue weighted by Gasteiger charge is 2.19. The van der Waals surface area contributed by atoms with Crippen molar-refractivity contribution in [3.8, 4) is 6.07 Å². The molecule has 3 nitrogen and oxygen atoms in total. The lowest BCUT2D eigenvalue weighted by molar-refractivity contribution is -0.121. The Bertz CT molecular complexity index is 453. The fraction of sp³-hybridized carbons (Fsp3) is 0.429.